The Bertz CT molecular complexity index is 4400. The van der Waals surface area contributed by atoms with E-state index in [-0.39, 0.29) is 94.0 Å². The van der Waals surface area contributed by atoms with Crippen LogP contribution in [0.2, 0.25) is 0 Å². The normalized spacial score (nSPS) is 10.3. The topological polar surface area (TPSA) is 325 Å². The van der Waals surface area contributed by atoms with Crippen molar-refractivity contribution in [3.63, 3.8) is 0 Å². The number of benzene rings is 5. The van der Waals surface area contributed by atoms with Crippen LogP contribution in [-0.4, -0.2) is 97.4 Å². The number of nitrogens with zero attached hydrogens (tertiary/aromatic N) is 1. The van der Waals surface area contributed by atoms with Crippen LogP contribution in [-0.2, 0) is 70.9 Å². The molecule has 0 unspecified atom stereocenters. The van der Waals surface area contributed by atoms with Gasteiger partial charge < -0.3 is 85.4 Å². The van der Waals surface area contributed by atoms with E-state index >= 15 is 0 Å². The van der Waals surface area contributed by atoms with E-state index in [1.165, 1.54) is 106 Å². The first kappa shape index (κ1) is 89.2. The third-order valence-electron chi connectivity index (χ3n) is 13.9. The molecular weight excluding hydrogens is 1540 g/mol. The van der Waals surface area contributed by atoms with Crippen LogP contribution in [0.3, 0.4) is 0 Å². The summed E-state index contributed by atoms with van der Waals surface area (Å²) in [6.45, 7) is 4.70. The minimum absolute atomic E-state index is 0.0159. The van der Waals surface area contributed by atoms with Crippen LogP contribution in [0.5, 0.6) is 28.7 Å². The molecular formula is C77H82BBr2N4O22S. The Labute approximate surface area is 640 Å². The zero-order chi connectivity index (χ0) is 78.1. The van der Waals surface area contributed by atoms with E-state index in [2.05, 4.69) is 78.1 Å². The molecule has 0 bridgehead atoms. The molecule has 565 valence electrons. The van der Waals surface area contributed by atoms with Gasteiger partial charge in [-0.05, 0) is 43.7 Å². The molecule has 0 fully saturated rings. The predicted octanol–water partition coefficient (Wildman–Crippen LogP) is 13.6. The molecule has 3 N–H and O–H groups in total. The average Bonchev–Trinajstić information content (AvgIpc) is 0.835. The van der Waals surface area contributed by atoms with Gasteiger partial charge in [-0.3, -0.25) is 33.6 Å². The van der Waals surface area contributed by atoms with Crippen LogP contribution >= 0.6 is 44.7 Å². The van der Waals surface area contributed by atoms with Gasteiger partial charge in [0.2, 0.25) is 75.3 Å². The maximum atomic E-state index is 12.3. The second kappa shape index (κ2) is 51.9. The Hall–Kier alpha value is -10.2. The first-order valence-corrected chi connectivity index (χ1v) is 34.1. The summed E-state index contributed by atoms with van der Waals surface area (Å²) in [5, 5.41) is 0.896. The van der Waals surface area contributed by atoms with Gasteiger partial charge in [0.05, 0.1) is 22.6 Å². The number of alkyl halides is 1. The van der Waals surface area contributed by atoms with E-state index in [4.69, 9.17) is 70.4 Å². The number of methoxy groups -OCH3 is 8. The fraction of sp³-hybridized carbons (Fsp3) is 0.234. The molecule has 5 aromatic carbocycles. The van der Waals surface area contributed by atoms with Gasteiger partial charge in [0.15, 0.2) is 29.8 Å². The van der Waals surface area contributed by atoms with E-state index in [0.717, 1.165) is 33.1 Å². The Morgan fingerprint density at radius 3 is 1.12 bits per heavy atom. The quantitative estimate of drug-likeness (QED) is 0.00811. The van der Waals surface area contributed by atoms with Crippen molar-refractivity contribution in [2.75, 3.05) is 62.2 Å². The SMILES string of the molecule is C=CCBr.COC(OC)c1[nH]cc(Br)c(=O)c1OCc1ccccc1.COC(OC)c1[nH]cc(C=O)c(=O)c1OCc1ccccc1.COC(OC)c1[nH]ccc(=O)c1OCc1ccccc1.COC(OC)c1occc(=O)c1OCc1ccccc1.O=Cc1occc(=O)c1OCc1ccccc1.[B]=NS. The van der Waals surface area contributed by atoms with Crippen LogP contribution in [0, 0.1) is 0 Å². The van der Waals surface area contributed by atoms with Crippen LogP contribution in [0.4, 0.5) is 0 Å². The van der Waals surface area contributed by atoms with Crippen molar-refractivity contribution in [1.29, 1.82) is 0 Å². The van der Waals surface area contributed by atoms with Gasteiger partial charge in [-0.15, -0.1) is 6.58 Å². The van der Waals surface area contributed by atoms with E-state index in [1.807, 2.05) is 152 Å². The summed E-state index contributed by atoms with van der Waals surface area (Å²) in [4.78, 5) is 90.2. The van der Waals surface area contributed by atoms with Crippen LogP contribution < -0.4 is 50.8 Å². The molecule has 5 aromatic heterocycles. The Morgan fingerprint density at radius 2 is 0.757 bits per heavy atom. The molecule has 26 nitrogen and oxygen atoms in total. The monoisotopic (exact) mass is 1620 g/mol. The molecule has 1 radical (unpaired) electrons. The minimum atomic E-state index is -0.792. The van der Waals surface area contributed by atoms with Gasteiger partial charge in [-0.2, -0.15) is 0 Å². The standard InChI is InChI=1S/C16H17NO5.C15H16BrNO4.C15H17NO4.C15H16O5.C13H10O4.C3H5Br.BHNS/c1-20-16(21-2)13-15(14(19)12(9-18)8-17-13)22-10-11-6-4-3-5-7-11;1-19-15(20-2)12-14(13(18)11(16)8-17-12)21-9-10-6-4-3-5-7-10;1-18-15(19-2)13-14(12(17)8-9-16-13)20-10-11-6-4-3-5-7-11;1-17-15(18-2)14-13(12(16)8-9-19-14)20-10-11-6-4-3-5-7-11;14-8-12-13(11(15)6-7-16-12)17-9-10-4-2-1-3-5-10;1-2-3-4;1-2-3/h3-9,16H,10H2,1-2H3,(H,17,19);3-8,15H,9H2,1-2H3,(H,17,18);3-9,15H,10H2,1-2H3,(H,16,17);3-9,15H,10H2,1-2H3;1-8H,9H2;2H,1,3H2;3H. The van der Waals surface area contributed by atoms with Crippen molar-refractivity contribution in [3.05, 3.63) is 331 Å². The summed E-state index contributed by atoms with van der Waals surface area (Å²) < 4.78 is 82.3. The van der Waals surface area contributed by atoms with E-state index in [0.29, 0.717) is 40.7 Å². The fourth-order valence-electron chi connectivity index (χ4n) is 8.90. The van der Waals surface area contributed by atoms with Crippen molar-refractivity contribution in [1.82, 2.24) is 15.0 Å². The number of thiol groups is 1. The number of aromatic nitrogens is 3. The molecule has 10 aromatic rings. The van der Waals surface area contributed by atoms with Gasteiger partial charge >= 0.3 is 24.8 Å². The molecule has 5 heterocycles. The number of allylic oxidation sites excluding steroid dienone is 1. The number of nitrogens with one attached hydrogen (secondary N) is 3. The summed E-state index contributed by atoms with van der Waals surface area (Å²) in [6.07, 6.45) is 6.63. The Morgan fingerprint density at radius 1 is 0.439 bits per heavy atom. The first-order chi connectivity index (χ1) is 52.0. The van der Waals surface area contributed by atoms with E-state index < -0.39 is 30.6 Å². The molecule has 10 rings (SSSR count). The number of pyridine rings is 3. The average molecular weight is 1620 g/mol. The van der Waals surface area contributed by atoms with Crippen LogP contribution in [0.1, 0.15) is 96.7 Å². The van der Waals surface area contributed by atoms with E-state index in [9.17, 15) is 33.6 Å². The fourth-order valence-corrected chi connectivity index (χ4v) is 9.19. The van der Waals surface area contributed by atoms with Crippen molar-refractivity contribution >= 4 is 64.9 Å². The van der Waals surface area contributed by atoms with E-state index in [1.54, 1.807) is 6.08 Å². The number of rotatable bonds is 30. The summed E-state index contributed by atoms with van der Waals surface area (Å²) in [5.41, 5.74) is 4.33. The van der Waals surface area contributed by atoms with Gasteiger partial charge in [0, 0.05) is 99.0 Å². The molecule has 0 saturated carbocycles. The number of aromatic amines is 3. The Balaban J connectivity index is 0.000000277. The second-order valence-corrected chi connectivity index (χ2v) is 22.7. The molecule has 0 atom stereocenters. The molecule has 0 amide bonds. The number of aldehydes is 2. The molecule has 107 heavy (non-hydrogen) atoms. The predicted molar refractivity (Wildman–Crippen MR) is 412 cm³/mol. The number of carbonyl (C=O) groups is 2. The maximum absolute atomic E-state index is 12.3. The van der Waals surface area contributed by atoms with Gasteiger partial charge in [-0.25, -0.2) is 0 Å². The molecule has 30 heteroatoms. The van der Waals surface area contributed by atoms with Crippen molar-refractivity contribution in [2.24, 2.45) is 4.30 Å². The molecule has 0 aliphatic carbocycles. The second-order valence-electron chi connectivity index (χ2n) is 20.9. The van der Waals surface area contributed by atoms with Crippen LogP contribution in [0.15, 0.2) is 255 Å². The third-order valence-corrected chi connectivity index (χ3v) is 14.9. The number of hydrogen-bond acceptors (Lipinski definition) is 24. The summed E-state index contributed by atoms with van der Waals surface area (Å²) in [6, 6.07) is 51.4. The van der Waals surface area contributed by atoms with Gasteiger partial charge in [0.1, 0.15) is 50.1 Å². The zero-order valence-corrected chi connectivity index (χ0v) is 63.8. The van der Waals surface area contributed by atoms with Crippen LogP contribution in [0.25, 0.3) is 0 Å². The van der Waals surface area contributed by atoms with Crippen molar-refractivity contribution in [3.8, 4) is 28.7 Å². The summed E-state index contributed by atoms with van der Waals surface area (Å²) >= 11 is 9.52. The molecule has 0 aliphatic heterocycles. The molecule has 0 spiro atoms. The Kier molecular flexibility index (Phi) is 43.2. The molecule has 0 aliphatic rings. The van der Waals surface area contributed by atoms with Gasteiger partial charge in [-0.1, -0.05) is 174 Å². The number of H-pyrrole nitrogens is 3. The van der Waals surface area contributed by atoms with Gasteiger partial charge in [0.25, 0.3) is 0 Å². The van der Waals surface area contributed by atoms with Crippen molar-refractivity contribution < 1.29 is 80.0 Å². The number of hydrogen-bond donors (Lipinski definition) is 4. The number of ether oxygens (including phenoxy) is 13. The number of halogens is 2. The number of carbonyl (C=O) groups excluding carboxylic acids is 2. The zero-order valence-electron chi connectivity index (χ0n) is 59.8. The summed E-state index contributed by atoms with van der Waals surface area (Å²) in [5.74, 6) is 0.595. The third kappa shape index (κ3) is 29.9. The first-order valence-electron chi connectivity index (χ1n) is 31.8. The summed E-state index contributed by atoms with van der Waals surface area (Å²) in [7, 11) is 16.1. The van der Waals surface area contributed by atoms with Crippen molar-refractivity contribution in [2.45, 2.75) is 58.2 Å². The molecule has 0 saturated heterocycles.